The van der Waals surface area contributed by atoms with Crippen molar-refractivity contribution in [1.29, 1.82) is 0 Å². The molecule has 1 aliphatic carbocycles. The molecule has 1 N–H and O–H groups in total. The standard InChI is InChI=1S/C23H21N3O2/c1-2-5-16(6-3-1)14-27-18-10-11-19(21(13-18)28-15-17-8-9-17)22-25-20-7-4-12-24-23(20)26-22/h1-7,10-13,17H,8-9,14-15H2,(H,24,25,26). The minimum absolute atomic E-state index is 0.525. The Hall–Kier alpha value is -3.34. The van der Waals surface area contributed by atoms with Crippen molar-refractivity contribution in [2.45, 2.75) is 19.4 Å². The number of benzene rings is 2. The monoisotopic (exact) mass is 371 g/mol. The maximum Gasteiger partial charge on any atom is 0.178 e. The van der Waals surface area contributed by atoms with E-state index < -0.39 is 0 Å². The zero-order chi connectivity index (χ0) is 18.8. The van der Waals surface area contributed by atoms with Crippen LogP contribution in [0.5, 0.6) is 11.5 Å². The van der Waals surface area contributed by atoms with Crippen LogP contribution < -0.4 is 9.47 Å². The molecule has 2 aromatic carbocycles. The summed E-state index contributed by atoms with van der Waals surface area (Å²) < 4.78 is 12.1. The van der Waals surface area contributed by atoms with Crippen molar-refractivity contribution >= 4 is 11.2 Å². The first-order valence-corrected chi connectivity index (χ1v) is 9.60. The summed E-state index contributed by atoms with van der Waals surface area (Å²) in [4.78, 5) is 12.3. The fourth-order valence-electron chi connectivity index (χ4n) is 3.11. The van der Waals surface area contributed by atoms with Gasteiger partial charge < -0.3 is 14.5 Å². The molecule has 4 aromatic rings. The number of H-pyrrole nitrogens is 1. The Morgan fingerprint density at radius 3 is 2.68 bits per heavy atom. The number of hydrogen-bond acceptors (Lipinski definition) is 4. The number of ether oxygens (including phenoxy) is 2. The van der Waals surface area contributed by atoms with E-state index in [4.69, 9.17) is 9.47 Å². The molecule has 0 aliphatic heterocycles. The van der Waals surface area contributed by atoms with Crippen LogP contribution in [0.2, 0.25) is 0 Å². The fourth-order valence-corrected chi connectivity index (χ4v) is 3.11. The van der Waals surface area contributed by atoms with Crippen LogP contribution >= 0.6 is 0 Å². The number of rotatable bonds is 7. The Morgan fingerprint density at radius 2 is 1.86 bits per heavy atom. The van der Waals surface area contributed by atoms with Gasteiger partial charge in [-0.05, 0) is 48.6 Å². The minimum Gasteiger partial charge on any atom is -0.492 e. The van der Waals surface area contributed by atoms with E-state index in [1.165, 1.54) is 12.8 Å². The quantitative estimate of drug-likeness (QED) is 0.497. The number of imidazole rings is 1. The molecule has 0 radical (unpaired) electrons. The molecule has 5 rings (SSSR count). The second-order valence-corrected chi connectivity index (χ2v) is 7.15. The molecular weight excluding hydrogens is 350 g/mol. The van der Waals surface area contributed by atoms with Gasteiger partial charge in [0.05, 0.1) is 17.7 Å². The van der Waals surface area contributed by atoms with Crippen molar-refractivity contribution in [3.8, 4) is 22.9 Å². The average molecular weight is 371 g/mol. The summed E-state index contributed by atoms with van der Waals surface area (Å²) in [6, 6.07) is 19.9. The smallest absolute Gasteiger partial charge is 0.178 e. The van der Waals surface area contributed by atoms with Crippen molar-refractivity contribution in [2.75, 3.05) is 6.61 Å². The molecule has 0 saturated heterocycles. The van der Waals surface area contributed by atoms with Crippen LogP contribution in [-0.4, -0.2) is 21.6 Å². The summed E-state index contributed by atoms with van der Waals surface area (Å²) in [5, 5.41) is 0. The van der Waals surface area contributed by atoms with Crippen molar-refractivity contribution in [1.82, 2.24) is 15.0 Å². The molecule has 0 amide bonds. The predicted octanol–water partition coefficient (Wildman–Crippen LogP) is 4.99. The average Bonchev–Trinajstić information content (AvgIpc) is 3.48. The first-order valence-electron chi connectivity index (χ1n) is 9.60. The number of nitrogens with one attached hydrogen (secondary N) is 1. The maximum atomic E-state index is 6.14. The molecule has 140 valence electrons. The van der Waals surface area contributed by atoms with Crippen LogP contribution in [0.15, 0.2) is 66.9 Å². The largest absolute Gasteiger partial charge is 0.492 e. The fraction of sp³-hybridized carbons (Fsp3) is 0.217. The number of aromatic amines is 1. The van der Waals surface area contributed by atoms with Crippen molar-refractivity contribution in [3.63, 3.8) is 0 Å². The van der Waals surface area contributed by atoms with Gasteiger partial charge in [-0.3, -0.25) is 0 Å². The maximum absolute atomic E-state index is 6.14. The van der Waals surface area contributed by atoms with Gasteiger partial charge in [-0.25, -0.2) is 9.97 Å². The molecule has 0 atom stereocenters. The van der Waals surface area contributed by atoms with Crippen LogP contribution in [-0.2, 0) is 6.61 Å². The Kier molecular flexibility index (Phi) is 4.41. The van der Waals surface area contributed by atoms with E-state index in [9.17, 15) is 0 Å². The van der Waals surface area contributed by atoms with Gasteiger partial charge in [-0.15, -0.1) is 0 Å². The van der Waals surface area contributed by atoms with Gasteiger partial charge in [-0.1, -0.05) is 30.3 Å². The zero-order valence-electron chi connectivity index (χ0n) is 15.5. The summed E-state index contributed by atoms with van der Waals surface area (Å²) >= 11 is 0. The number of nitrogens with zero attached hydrogens (tertiary/aromatic N) is 2. The summed E-state index contributed by atoms with van der Waals surface area (Å²) in [5.41, 5.74) is 3.67. The number of hydrogen-bond donors (Lipinski definition) is 1. The lowest BCUT2D eigenvalue weighted by Gasteiger charge is -2.13. The van der Waals surface area contributed by atoms with Crippen molar-refractivity contribution in [3.05, 3.63) is 72.4 Å². The lowest BCUT2D eigenvalue weighted by Crippen LogP contribution is -2.02. The molecule has 0 spiro atoms. The highest BCUT2D eigenvalue weighted by atomic mass is 16.5. The third-order valence-electron chi connectivity index (χ3n) is 4.89. The van der Waals surface area contributed by atoms with Crippen LogP contribution in [0, 0.1) is 5.92 Å². The highest BCUT2D eigenvalue weighted by Crippen LogP contribution is 2.36. The molecule has 1 fully saturated rings. The van der Waals surface area contributed by atoms with Crippen LogP contribution in [0.25, 0.3) is 22.6 Å². The lowest BCUT2D eigenvalue weighted by molar-refractivity contribution is 0.288. The molecule has 1 aliphatic rings. The van der Waals surface area contributed by atoms with Crippen LogP contribution in [0.1, 0.15) is 18.4 Å². The van der Waals surface area contributed by atoms with Gasteiger partial charge in [0, 0.05) is 12.3 Å². The highest BCUT2D eigenvalue weighted by Gasteiger charge is 2.23. The Labute approximate surface area is 163 Å². The third kappa shape index (κ3) is 3.69. The molecule has 1 saturated carbocycles. The second kappa shape index (κ2) is 7.35. The van der Waals surface area contributed by atoms with Crippen LogP contribution in [0.3, 0.4) is 0 Å². The van der Waals surface area contributed by atoms with Gasteiger partial charge in [-0.2, -0.15) is 0 Å². The third-order valence-corrected chi connectivity index (χ3v) is 4.89. The van der Waals surface area contributed by atoms with Crippen molar-refractivity contribution in [2.24, 2.45) is 5.92 Å². The van der Waals surface area contributed by atoms with Crippen molar-refractivity contribution < 1.29 is 9.47 Å². The Morgan fingerprint density at radius 1 is 0.964 bits per heavy atom. The van der Waals surface area contributed by atoms with Gasteiger partial charge in [0.15, 0.2) is 5.65 Å². The topological polar surface area (TPSA) is 60.0 Å². The molecule has 5 heteroatoms. The molecule has 28 heavy (non-hydrogen) atoms. The van der Waals surface area contributed by atoms with Gasteiger partial charge >= 0.3 is 0 Å². The van der Waals surface area contributed by atoms with E-state index in [1.54, 1.807) is 6.20 Å². The molecule has 2 heterocycles. The zero-order valence-corrected chi connectivity index (χ0v) is 15.5. The van der Waals surface area contributed by atoms with E-state index in [2.05, 4.69) is 27.1 Å². The number of fused-ring (bicyclic) bond motifs is 1. The van der Waals surface area contributed by atoms with E-state index in [0.29, 0.717) is 18.2 Å². The second-order valence-electron chi connectivity index (χ2n) is 7.15. The summed E-state index contributed by atoms with van der Waals surface area (Å²) in [6.45, 7) is 1.25. The van der Waals surface area contributed by atoms with E-state index >= 15 is 0 Å². The van der Waals surface area contributed by atoms with E-state index in [-0.39, 0.29) is 0 Å². The molecule has 5 nitrogen and oxygen atoms in total. The molecule has 2 aromatic heterocycles. The normalized spacial score (nSPS) is 13.6. The first kappa shape index (κ1) is 16.8. The van der Waals surface area contributed by atoms with Gasteiger partial charge in [0.25, 0.3) is 0 Å². The summed E-state index contributed by atoms with van der Waals surface area (Å²) in [6.07, 6.45) is 4.24. The number of aromatic nitrogens is 3. The molecule has 0 unspecified atom stereocenters. The van der Waals surface area contributed by atoms with Crippen LogP contribution in [0.4, 0.5) is 0 Å². The SMILES string of the molecule is c1ccc(COc2ccc(-c3nc4ncccc4[nH]3)c(OCC3CC3)c2)cc1. The van der Waals surface area contributed by atoms with E-state index in [1.807, 2.05) is 48.5 Å². The predicted molar refractivity (Wildman–Crippen MR) is 108 cm³/mol. The lowest BCUT2D eigenvalue weighted by atomic mass is 10.1. The first-order chi connectivity index (χ1) is 13.8. The van der Waals surface area contributed by atoms with Gasteiger partial charge in [0.2, 0.25) is 0 Å². The number of pyridine rings is 1. The Balaban J connectivity index is 1.43. The molecular formula is C23H21N3O2. The van der Waals surface area contributed by atoms with E-state index in [0.717, 1.165) is 40.6 Å². The Bertz CT molecular complexity index is 1050. The minimum atomic E-state index is 0.525. The molecule has 0 bridgehead atoms. The summed E-state index contributed by atoms with van der Waals surface area (Å²) in [7, 11) is 0. The summed E-state index contributed by atoms with van der Waals surface area (Å²) in [5.74, 6) is 3.00. The van der Waals surface area contributed by atoms with Gasteiger partial charge in [0.1, 0.15) is 23.9 Å². The highest BCUT2D eigenvalue weighted by molar-refractivity contribution is 5.77.